The van der Waals surface area contributed by atoms with Crippen molar-refractivity contribution in [2.75, 3.05) is 11.2 Å². The van der Waals surface area contributed by atoms with E-state index in [1.807, 2.05) is 24.3 Å². The summed E-state index contributed by atoms with van der Waals surface area (Å²) >= 11 is 0. The SMILES string of the molecule is CC(C)c1ccccc1Oc1cc(NN)nc(N)n1. The minimum atomic E-state index is 0.104. The van der Waals surface area contributed by atoms with Gasteiger partial charge in [0.05, 0.1) is 0 Å². The highest BCUT2D eigenvalue weighted by atomic mass is 16.5. The number of nitrogens with one attached hydrogen (secondary N) is 1. The van der Waals surface area contributed by atoms with Crippen LogP contribution in [0.5, 0.6) is 11.6 Å². The molecule has 6 heteroatoms. The molecule has 1 aromatic carbocycles. The van der Waals surface area contributed by atoms with Gasteiger partial charge in [0, 0.05) is 6.07 Å². The van der Waals surface area contributed by atoms with Crippen molar-refractivity contribution in [3.8, 4) is 11.6 Å². The fourth-order valence-electron chi connectivity index (χ4n) is 1.73. The molecule has 5 N–H and O–H groups in total. The maximum Gasteiger partial charge on any atom is 0.226 e. The molecule has 0 amide bonds. The number of hydrogen-bond acceptors (Lipinski definition) is 6. The number of nitrogens with zero attached hydrogens (tertiary/aromatic N) is 2. The van der Waals surface area contributed by atoms with Crippen LogP contribution < -0.4 is 21.7 Å². The van der Waals surface area contributed by atoms with E-state index in [0.29, 0.717) is 17.6 Å². The van der Waals surface area contributed by atoms with Crippen LogP contribution in [-0.4, -0.2) is 9.97 Å². The van der Waals surface area contributed by atoms with Crippen LogP contribution in [0.2, 0.25) is 0 Å². The number of benzene rings is 1. The molecule has 0 aliphatic carbocycles. The summed E-state index contributed by atoms with van der Waals surface area (Å²) < 4.78 is 5.77. The first-order valence-corrected chi connectivity index (χ1v) is 5.98. The van der Waals surface area contributed by atoms with Crippen LogP contribution in [0, 0.1) is 0 Å². The molecule has 0 atom stereocenters. The smallest absolute Gasteiger partial charge is 0.226 e. The number of nitrogens with two attached hydrogens (primary N) is 2. The van der Waals surface area contributed by atoms with Crippen LogP contribution in [0.3, 0.4) is 0 Å². The van der Waals surface area contributed by atoms with E-state index in [1.165, 1.54) is 0 Å². The molecule has 0 radical (unpaired) electrons. The number of aromatic nitrogens is 2. The summed E-state index contributed by atoms with van der Waals surface area (Å²) in [6, 6.07) is 9.39. The normalized spacial score (nSPS) is 10.5. The van der Waals surface area contributed by atoms with E-state index >= 15 is 0 Å². The highest BCUT2D eigenvalue weighted by Gasteiger charge is 2.10. The van der Waals surface area contributed by atoms with Gasteiger partial charge in [-0.15, -0.1) is 0 Å². The first-order valence-electron chi connectivity index (χ1n) is 5.98. The van der Waals surface area contributed by atoms with Crippen molar-refractivity contribution in [1.29, 1.82) is 0 Å². The Bertz CT molecular complexity index is 571. The summed E-state index contributed by atoms with van der Waals surface area (Å²) in [4.78, 5) is 7.93. The Morgan fingerprint density at radius 1 is 1.21 bits per heavy atom. The molecule has 0 bridgehead atoms. The summed E-state index contributed by atoms with van der Waals surface area (Å²) in [5.74, 6) is 7.27. The first kappa shape index (κ1) is 13.1. The van der Waals surface area contributed by atoms with Gasteiger partial charge in [-0.25, -0.2) is 5.84 Å². The molecule has 2 rings (SSSR count). The third-order valence-electron chi connectivity index (χ3n) is 2.62. The maximum absolute atomic E-state index is 5.77. The Morgan fingerprint density at radius 2 is 1.95 bits per heavy atom. The Morgan fingerprint density at radius 3 is 2.63 bits per heavy atom. The number of nitrogen functional groups attached to an aromatic ring is 2. The molecule has 6 nitrogen and oxygen atoms in total. The highest BCUT2D eigenvalue weighted by molar-refractivity contribution is 5.44. The van der Waals surface area contributed by atoms with E-state index < -0.39 is 0 Å². The van der Waals surface area contributed by atoms with Gasteiger partial charge in [0.1, 0.15) is 11.6 Å². The standard InChI is InChI=1S/C13H17N5O/c1-8(2)9-5-3-4-6-10(9)19-12-7-11(18-15)16-13(14)17-12/h3-8H,15H2,1-2H3,(H3,14,16,17,18). The molecule has 1 heterocycles. The average Bonchev–Trinajstić information content (AvgIpc) is 2.38. The topological polar surface area (TPSA) is 99.1 Å². The molecule has 19 heavy (non-hydrogen) atoms. The van der Waals surface area contributed by atoms with Gasteiger partial charge in [0.25, 0.3) is 0 Å². The van der Waals surface area contributed by atoms with E-state index in [4.69, 9.17) is 16.3 Å². The van der Waals surface area contributed by atoms with Crippen LogP contribution in [0.25, 0.3) is 0 Å². The minimum absolute atomic E-state index is 0.104. The van der Waals surface area contributed by atoms with Crippen molar-refractivity contribution < 1.29 is 4.74 Å². The zero-order valence-corrected chi connectivity index (χ0v) is 10.9. The van der Waals surface area contributed by atoms with Crippen LogP contribution in [-0.2, 0) is 0 Å². The van der Waals surface area contributed by atoms with E-state index in [2.05, 4.69) is 29.2 Å². The van der Waals surface area contributed by atoms with Crippen LogP contribution in [0.1, 0.15) is 25.3 Å². The van der Waals surface area contributed by atoms with E-state index in [0.717, 1.165) is 11.3 Å². The molecule has 0 saturated carbocycles. The second kappa shape index (κ2) is 5.53. The monoisotopic (exact) mass is 259 g/mol. The molecule has 0 saturated heterocycles. The molecular weight excluding hydrogens is 242 g/mol. The lowest BCUT2D eigenvalue weighted by Gasteiger charge is -2.13. The van der Waals surface area contributed by atoms with Gasteiger partial charge in [0.15, 0.2) is 0 Å². The van der Waals surface area contributed by atoms with Gasteiger partial charge >= 0.3 is 0 Å². The molecule has 0 fully saturated rings. The predicted octanol–water partition coefficient (Wildman–Crippen LogP) is 2.26. The van der Waals surface area contributed by atoms with Gasteiger partial charge in [-0.3, -0.25) is 0 Å². The lowest BCUT2D eigenvalue weighted by atomic mass is 10.0. The number of rotatable bonds is 4. The second-order valence-corrected chi connectivity index (χ2v) is 4.39. The van der Waals surface area contributed by atoms with Crippen molar-refractivity contribution in [2.45, 2.75) is 19.8 Å². The van der Waals surface area contributed by atoms with E-state index in [1.54, 1.807) is 6.07 Å². The zero-order valence-electron chi connectivity index (χ0n) is 10.9. The van der Waals surface area contributed by atoms with Crippen LogP contribution >= 0.6 is 0 Å². The average molecular weight is 259 g/mol. The number of anilines is 2. The molecule has 0 aliphatic heterocycles. The summed E-state index contributed by atoms with van der Waals surface area (Å²) in [7, 11) is 0. The Kier molecular flexibility index (Phi) is 3.82. The third-order valence-corrected chi connectivity index (χ3v) is 2.62. The van der Waals surface area contributed by atoms with Crippen molar-refractivity contribution in [2.24, 2.45) is 5.84 Å². The Labute approximate surface area is 111 Å². The molecular formula is C13H17N5O. The Balaban J connectivity index is 2.33. The molecule has 0 unspecified atom stereocenters. The van der Waals surface area contributed by atoms with Crippen molar-refractivity contribution in [3.63, 3.8) is 0 Å². The molecule has 0 spiro atoms. The zero-order chi connectivity index (χ0) is 13.8. The van der Waals surface area contributed by atoms with Gasteiger partial charge in [-0.05, 0) is 17.5 Å². The summed E-state index contributed by atoms with van der Waals surface area (Å²) in [5.41, 5.74) is 9.11. The molecule has 1 aromatic heterocycles. The largest absolute Gasteiger partial charge is 0.438 e. The summed E-state index contributed by atoms with van der Waals surface area (Å²) in [5, 5.41) is 0. The van der Waals surface area contributed by atoms with Gasteiger partial charge in [-0.2, -0.15) is 9.97 Å². The second-order valence-electron chi connectivity index (χ2n) is 4.39. The summed E-state index contributed by atoms with van der Waals surface area (Å²) in [6.45, 7) is 4.20. The quantitative estimate of drug-likeness (QED) is 0.575. The van der Waals surface area contributed by atoms with E-state index in [9.17, 15) is 0 Å². The molecule has 2 aromatic rings. The van der Waals surface area contributed by atoms with E-state index in [-0.39, 0.29) is 5.95 Å². The fourth-order valence-corrected chi connectivity index (χ4v) is 1.73. The maximum atomic E-state index is 5.77. The summed E-state index contributed by atoms with van der Waals surface area (Å²) in [6.07, 6.45) is 0. The first-order chi connectivity index (χ1) is 9.10. The number of para-hydroxylation sites is 1. The van der Waals surface area contributed by atoms with Crippen LogP contribution in [0.4, 0.5) is 11.8 Å². The molecule has 100 valence electrons. The van der Waals surface area contributed by atoms with Gasteiger partial charge < -0.3 is 15.9 Å². The van der Waals surface area contributed by atoms with Gasteiger partial charge in [-0.1, -0.05) is 32.0 Å². The highest BCUT2D eigenvalue weighted by Crippen LogP contribution is 2.30. The number of ether oxygens (including phenoxy) is 1. The van der Waals surface area contributed by atoms with Gasteiger partial charge in [0.2, 0.25) is 11.8 Å². The Hall–Kier alpha value is -2.34. The minimum Gasteiger partial charge on any atom is -0.438 e. The number of hydrogen-bond donors (Lipinski definition) is 3. The lowest BCUT2D eigenvalue weighted by Crippen LogP contribution is -2.10. The predicted molar refractivity (Wildman–Crippen MR) is 74.9 cm³/mol. The lowest BCUT2D eigenvalue weighted by molar-refractivity contribution is 0.454. The van der Waals surface area contributed by atoms with Crippen molar-refractivity contribution in [1.82, 2.24) is 9.97 Å². The van der Waals surface area contributed by atoms with Crippen LogP contribution in [0.15, 0.2) is 30.3 Å². The third kappa shape index (κ3) is 3.11. The van der Waals surface area contributed by atoms with Crippen molar-refractivity contribution in [3.05, 3.63) is 35.9 Å². The molecule has 0 aliphatic rings. The van der Waals surface area contributed by atoms with Crippen molar-refractivity contribution >= 4 is 11.8 Å². The fraction of sp³-hybridized carbons (Fsp3) is 0.231. The number of hydrazine groups is 1.